The number of hydrogen-bond acceptors (Lipinski definition) is 4. The van der Waals surface area contributed by atoms with Crippen molar-refractivity contribution in [2.24, 2.45) is 7.05 Å². The van der Waals surface area contributed by atoms with Crippen LogP contribution in [0.5, 0.6) is 5.75 Å². The Balaban J connectivity index is 0.00000312. The van der Waals surface area contributed by atoms with Crippen molar-refractivity contribution in [3.05, 3.63) is 47.8 Å². The van der Waals surface area contributed by atoms with Gasteiger partial charge in [-0.1, -0.05) is 12.1 Å². The van der Waals surface area contributed by atoms with E-state index in [0.717, 1.165) is 16.9 Å². The molecule has 0 fully saturated rings. The van der Waals surface area contributed by atoms with Crippen molar-refractivity contribution in [2.75, 3.05) is 7.05 Å². The summed E-state index contributed by atoms with van der Waals surface area (Å²) in [6.45, 7) is 5.95. The topological polar surface area (TPSA) is 68.2 Å². The van der Waals surface area contributed by atoms with Crippen LogP contribution in [0.15, 0.2) is 36.7 Å². The molecule has 138 valence electrons. The van der Waals surface area contributed by atoms with E-state index in [1.165, 1.54) is 0 Å². The maximum Gasteiger partial charge on any atom is 0.242 e. The molecule has 2 unspecified atom stereocenters. The van der Waals surface area contributed by atoms with Gasteiger partial charge in [-0.25, -0.2) is 0 Å². The van der Waals surface area contributed by atoms with Gasteiger partial charge >= 0.3 is 0 Å². The second-order valence-corrected chi connectivity index (χ2v) is 6.13. The van der Waals surface area contributed by atoms with Gasteiger partial charge in [0, 0.05) is 18.8 Å². The summed E-state index contributed by atoms with van der Waals surface area (Å²) in [5, 5.41) is 10.2. The predicted molar refractivity (Wildman–Crippen MR) is 101 cm³/mol. The number of carbonyl (C=O) groups is 1. The van der Waals surface area contributed by atoms with E-state index in [1.54, 1.807) is 17.9 Å². The van der Waals surface area contributed by atoms with Crippen LogP contribution in [-0.2, 0) is 11.8 Å². The summed E-state index contributed by atoms with van der Waals surface area (Å²) in [5.41, 5.74) is 1.87. The third-order valence-electron chi connectivity index (χ3n) is 3.72. The average Bonchev–Trinajstić information content (AvgIpc) is 2.94. The molecule has 0 aliphatic rings. The van der Waals surface area contributed by atoms with E-state index >= 15 is 0 Å². The monoisotopic (exact) mass is 366 g/mol. The largest absolute Gasteiger partial charge is 0.491 e. The molecule has 6 nitrogen and oxygen atoms in total. The second kappa shape index (κ2) is 9.44. The van der Waals surface area contributed by atoms with Gasteiger partial charge in [-0.2, -0.15) is 5.10 Å². The zero-order chi connectivity index (χ0) is 17.7. The van der Waals surface area contributed by atoms with E-state index in [-0.39, 0.29) is 30.5 Å². The van der Waals surface area contributed by atoms with E-state index in [4.69, 9.17) is 4.74 Å². The molecule has 2 aromatic rings. The number of amides is 1. The molecule has 0 radical (unpaired) electrons. The molecule has 0 bridgehead atoms. The first-order valence-electron chi connectivity index (χ1n) is 8.13. The van der Waals surface area contributed by atoms with Crippen LogP contribution in [0.1, 0.15) is 44.0 Å². The van der Waals surface area contributed by atoms with Gasteiger partial charge < -0.3 is 15.4 Å². The maximum absolute atomic E-state index is 12.5. The number of nitrogens with one attached hydrogen (secondary N) is 2. The molecule has 1 aromatic carbocycles. The SMILES string of the molecule is CNC(C(=O)NC(C)c1ccc(OC(C)C)cc1)c1cnn(C)c1.Cl. The van der Waals surface area contributed by atoms with E-state index in [1.807, 2.05) is 58.3 Å². The predicted octanol–water partition coefficient (Wildman–Crippen LogP) is 2.77. The van der Waals surface area contributed by atoms with Gasteiger partial charge in [-0.3, -0.25) is 9.48 Å². The number of ether oxygens (including phenoxy) is 1. The first-order chi connectivity index (χ1) is 11.4. The third kappa shape index (κ3) is 5.76. The lowest BCUT2D eigenvalue weighted by atomic mass is 10.1. The van der Waals surface area contributed by atoms with Crippen molar-refractivity contribution in [1.82, 2.24) is 20.4 Å². The molecule has 0 spiro atoms. The number of benzene rings is 1. The molecule has 1 aromatic heterocycles. The Morgan fingerprint density at radius 1 is 1.16 bits per heavy atom. The lowest BCUT2D eigenvalue weighted by Gasteiger charge is -2.20. The molecule has 2 atom stereocenters. The Bertz CT molecular complexity index is 670. The maximum atomic E-state index is 12.5. The van der Waals surface area contributed by atoms with Crippen LogP contribution < -0.4 is 15.4 Å². The highest BCUT2D eigenvalue weighted by atomic mass is 35.5. The van der Waals surface area contributed by atoms with Crippen molar-refractivity contribution in [2.45, 2.75) is 39.0 Å². The van der Waals surface area contributed by atoms with Gasteiger partial charge in [0.2, 0.25) is 5.91 Å². The first kappa shape index (κ1) is 21.0. The normalized spacial score (nSPS) is 13.0. The Hall–Kier alpha value is -2.05. The number of aryl methyl sites for hydroxylation is 1. The molecule has 0 aliphatic carbocycles. The Labute approximate surface area is 155 Å². The fourth-order valence-electron chi connectivity index (χ4n) is 2.53. The van der Waals surface area contributed by atoms with Crippen LogP contribution in [0.4, 0.5) is 0 Å². The highest BCUT2D eigenvalue weighted by Gasteiger charge is 2.22. The summed E-state index contributed by atoms with van der Waals surface area (Å²) < 4.78 is 7.32. The molecule has 2 N–H and O–H groups in total. The molecule has 0 saturated heterocycles. The molecule has 1 heterocycles. The zero-order valence-electron chi connectivity index (χ0n) is 15.3. The van der Waals surface area contributed by atoms with Crippen molar-refractivity contribution in [3.8, 4) is 5.75 Å². The fraction of sp³-hybridized carbons (Fsp3) is 0.444. The van der Waals surface area contributed by atoms with Gasteiger partial charge in [0.15, 0.2) is 0 Å². The number of likely N-dealkylation sites (N-methyl/N-ethyl adjacent to an activating group) is 1. The van der Waals surface area contributed by atoms with Crippen LogP contribution >= 0.6 is 12.4 Å². The Morgan fingerprint density at radius 2 is 1.80 bits per heavy atom. The Kier molecular flexibility index (Phi) is 7.93. The molecular formula is C18H27ClN4O2. The summed E-state index contributed by atoms with van der Waals surface area (Å²) in [6.07, 6.45) is 3.68. The molecule has 0 saturated carbocycles. The van der Waals surface area contributed by atoms with Crippen molar-refractivity contribution < 1.29 is 9.53 Å². The van der Waals surface area contributed by atoms with Gasteiger partial charge in [0.25, 0.3) is 0 Å². The molecule has 2 rings (SSSR count). The Morgan fingerprint density at radius 3 is 2.28 bits per heavy atom. The van der Waals surface area contributed by atoms with Crippen molar-refractivity contribution >= 4 is 18.3 Å². The molecule has 7 heteroatoms. The lowest BCUT2D eigenvalue weighted by Crippen LogP contribution is -2.37. The summed E-state index contributed by atoms with van der Waals surface area (Å²) in [7, 11) is 3.59. The zero-order valence-corrected chi connectivity index (χ0v) is 16.1. The molecular weight excluding hydrogens is 340 g/mol. The van der Waals surface area contributed by atoms with Gasteiger partial charge in [-0.05, 0) is 45.5 Å². The molecule has 1 amide bonds. The van der Waals surface area contributed by atoms with Crippen molar-refractivity contribution in [3.63, 3.8) is 0 Å². The van der Waals surface area contributed by atoms with Crippen LogP contribution in [0, 0.1) is 0 Å². The number of carbonyl (C=O) groups excluding carboxylic acids is 1. The van der Waals surface area contributed by atoms with Crippen LogP contribution in [-0.4, -0.2) is 28.8 Å². The number of hydrogen-bond donors (Lipinski definition) is 2. The highest BCUT2D eigenvalue weighted by Crippen LogP contribution is 2.20. The lowest BCUT2D eigenvalue weighted by molar-refractivity contribution is -0.123. The number of aromatic nitrogens is 2. The van der Waals surface area contributed by atoms with Crippen LogP contribution in [0.25, 0.3) is 0 Å². The van der Waals surface area contributed by atoms with E-state index in [9.17, 15) is 4.79 Å². The van der Waals surface area contributed by atoms with E-state index in [2.05, 4.69) is 15.7 Å². The minimum Gasteiger partial charge on any atom is -0.491 e. The standard InChI is InChI=1S/C18H26N4O2.ClH/c1-12(2)24-16-8-6-14(7-9-16)13(3)21-18(23)17(19-4)15-10-20-22(5)11-15;/h6-13,17,19H,1-5H3,(H,21,23);1H. The smallest absolute Gasteiger partial charge is 0.242 e. The number of rotatable bonds is 7. The van der Waals surface area contributed by atoms with Gasteiger partial charge in [0.05, 0.1) is 18.3 Å². The van der Waals surface area contributed by atoms with Crippen LogP contribution in [0.3, 0.4) is 0 Å². The summed E-state index contributed by atoms with van der Waals surface area (Å²) in [4.78, 5) is 12.5. The van der Waals surface area contributed by atoms with Crippen LogP contribution in [0.2, 0.25) is 0 Å². The average molecular weight is 367 g/mol. The summed E-state index contributed by atoms with van der Waals surface area (Å²) >= 11 is 0. The molecule has 0 aliphatic heterocycles. The quantitative estimate of drug-likeness (QED) is 0.790. The second-order valence-electron chi connectivity index (χ2n) is 6.13. The number of nitrogens with zero attached hydrogens (tertiary/aromatic N) is 2. The van der Waals surface area contributed by atoms with Gasteiger partial charge in [-0.15, -0.1) is 12.4 Å². The third-order valence-corrected chi connectivity index (χ3v) is 3.72. The molecule has 25 heavy (non-hydrogen) atoms. The minimum atomic E-state index is -0.426. The summed E-state index contributed by atoms with van der Waals surface area (Å²) in [6, 6.07) is 7.27. The van der Waals surface area contributed by atoms with Gasteiger partial charge in [0.1, 0.15) is 11.8 Å². The first-order valence-corrected chi connectivity index (χ1v) is 8.13. The van der Waals surface area contributed by atoms with E-state index in [0.29, 0.717) is 0 Å². The van der Waals surface area contributed by atoms with E-state index < -0.39 is 6.04 Å². The van der Waals surface area contributed by atoms with Crippen molar-refractivity contribution in [1.29, 1.82) is 0 Å². The minimum absolute atomic E-state index is 0. The number of halogens is 1. The summed E-state index contributed by atoms with van der Waals surface area (Å²) in [5.74, 6) is 0.747. The fourth-order valence-corrected chi connectivity index (χ4v) is 2.53. The highest BCUT2D eigenvalue weighted by molar-refractivity contribution is 5.85.